The van der Waals surface area contributed by atoms with Crippen LogP contribution in [0.2, 0.25) is 0 Å². The first-order chi connectivity index (χ1) is 9.07. The van der Waals surface area contributed by atoms with Crippen molar-refractivity contribution in [2.24, 2.45) is 0 Å². The lowest BCUT2D eigenvalue weighted by molar-refractivity contribution is -0.175. The van der Waals surface area contributed by atoms with Gasteiger partial charge in [-0.25, -0.2) is 0 Å². The topological polar surface area (TPSA) is 12.5 Å². The molecule has 0 bridgehead atoms. The third-order valence-corrected chi connectivity index (χ3v) is 2.85. The van der Waals surface area contributed by atoms with Gasteiger partial charge in [0.1, 0.15) is 0 Å². The van der Waals surface area contributed by atoms with Gasteiger partial charge in [-0.15, -0.1) is 0 Å². The number of hydrogen-bond donors (Lipinski definition) is 0. The number of morpholine rings is 1. The highest BCUT2D eigenvalue weighted by molar-refractivity contribution is 5.35. The van der Waals surface area contributed by atoms with Gasteiger partial charge in [0.2, 0.25) is 0 Å². The first-order valence-corrected chi connectivity index (χ1v) is 6.02. The van der Waals surface area contributed by atoms with Crippen molar-refractivity contribution in [3.63, 3.8) is 0 Å². The monoisotopic (exact) mass is 269 g/mol. The molecule has 1 fully saturated rings. The predicted octanol–water partition coefficient (Wildman–Crippen LogP) is 2.30. The van der Waals surface area contributed by atoms with Crippen LogP contribution in [0.1, 0.15) is 5.56 Å². The highest BCUT2D eigenvalue weighted by Gasteiger charge is 2.43. The van der Waals surface area contributed by atoms with Crippen LogP contribution in [0.3, 0.4) is 0 Å². The summed E-state index contributed by atoms with van der Waals surface area (Å²) >= 11 is 0. The second kappa shape index (κ2) is 6.09. The molecule has 0 N–H and O–H groups in total. The first-order valence-electron chi connectivity index (χ1n) is 6.02. The van der Waals surface area contributed by atoms with E-state index in [0.29, 0.717) is 18.8 Å². The molecule has 2 nitrogen and oxygen atoms in total. The van der Waals surface area contributed by atoms with E-state index in [0.717, 1.165) is 0 Å². The number of nitrogens with zero attached hydrogens (tertiary/aromatic N) is 1. The van der Waals surface area contributed by atoms with Gasteiger partial charge in [0.25, 0.3) is 0 Å². The molecule has 19 heavy (non-hydrogen) atoms. The molecule has 5 heteroatoms. The summed E-state index contributed by atoms with van der Waals surface area (Å²) in [7, 11) is 0. The van der Waals surface area contributed by atoms with Crippen molar-refractivity contribution < 1.29 is 17.9 Å². The quantitative estimate of drug-likeness (QED) is 0.725. The van der Waals surface area contributed by atoms with E-state index in [4.69, 9.17) is 4.74 Å². The first kappa shape index (κ1) is 13.9. The Morgan fingerprint density at radius 1 is 1.11 bits per heavy atom. The van der Waals surface area contributed by atoms with E-state index < -0.39 is 12.2 Å². The van der Waals surface area contributed by atoms with Gasteiger partial charge in [0.05, 0.1) is 13.2 Å². The number of benzene rings is 1. The van der Waals surface area contributed by atoms with E-state index in [-0.39, 0.29) is 13.1 Å². The van der Waals surface area contributed by atoms with Crippen molar-refractivity contribution in [1.29, 1.82) is 0 Å². The molecular weight excluding hydrogens is 255 g/mol. The third kappa shape index (κ3) is 3.98. The van der Waals surface area contributed by atoms with Crippen LogP contribution in [0.15, 0.2) is 30.3 Å². The minimum atomic E-state index is -4.35. The molecule has 1 aromatic rings. The SMILES string of the molecule is FC(F)(F)C(C#Cc1ccccc1)N1CCOCC1. The van der Waals surface area contributed by atoms with Gasteiger partial charge < -0.3 is 4.74 Å². The number of rotatable bonds is 1. The smallest absolute Gasteiger partial charge is 0.379 e. The molecule has 1 aromatic carbocycles. The predicted molar refractivity (Wildman–Crippen MR) is 65.6 cm³/mol. The largest absolute Gasteiger partial charge is 0.415 e. The molecule has 0 aromatic heterocycles. The van der Waals surface area contributed by atoms with E-state index in [1.54, 1.807) is 30.3 Å². The maximum absolute atomic E-state index is 13.0. The minimum absolute atomic E-state index is 0.258. The average Bonchev–Trinajstić information content (AvgIpc) is 2.40. The highest BCUT2D eigenvalue weighted by atomic mass is 19.4. The van der Waals surface area contributed by atoms with Crippen molar-refractivity contribution in [2.75, 3.05) is 26.3 Å². The van der Waals surface area contributed by atoms with Crippen molar-refractivity contribution in [2.45, 2.75) is 12.2 Å². The van der Waals surface area contributed by atoms with Gasteiger partial charge in [-0.1, -0.05) is 30.0 Å². The number of hydrogen-bond acceptors (Lipinski definition) is 2. The van der Waals surface area contributed by atoms with Gasteiger partial charge in [0.15, 0.2) is 6.04 Å². The zero-order chi connectivity index (χ0) is 13.7. The summed E-state index contributed by atoms with van der Waals surface area (Å²) in [6.07, 6.45) is -4.35. The maximum atomic E-state index is 13.0. The zero-order valence-corrected chi connectivity index (χ0v) is 10.3. The van der Waals surface area contributed by atoms with Crippen molar-refractivity contribution >= 4 is 0 Å². The van der Waals surface area contributed by atoms with Crippen LogP contribution in [-0.2, 0) is 4.74 Å². The Hall–Kier alpha value is -1.51. The zero-order valence-electron chi connectivity index (χ0n) is 10.3. The number of ether oxygens (including phenoxy) is 1. The standard InChI is InChI=1S/C14H14F3NO/c15-14(16,17)13(18-8-10-19-11-9-18)7-6-12-4-2-1-3-5-12/h1-5,13H,8-11H2. The second-order valence-electron chi connectivity index (χ2n) is 4.23. The van der Waals surface area contributed by atoms with Gasteiger partial charge in [-0.2, -0.15) is 13.2 Å². The van der Waals surface area contributed by atoms with Gasteiger partial charge in [-0.05, 0) is 12.1 Å². The summed E-state index contributed by atoms with van der Waals surface area (Å²) in [6, 6.07) is 6.97. The van der Waals surface area contributed by atoms with E-state index in [1.807, 2.05) is 0 Å². The fourth-order valence-corrected chi connectivity index (χ4v) is 1.89. The summed E-state index contributed by atoms with van der Waals surface area (Å²) in [6.45, 7) is 1.15. The van der Waals surface area contributed by atoms with Crippen LogP contribution in [0.5, 0.6) is 0 Å². The molecule has 1 aliphatic rings. The van der Waals surface area contributed by atoms with Crippen LogP contribution in [0, 0.1) is 11.8 Å². The Bertz CT molecular complexity index is 455. The molecule has 2 rings (SSSR count). The van der Waals surface area contributed by atoms with E-state index in [9.17, 15) is 13.2 Å². The normalized spacial score (nSPS) is 18.5. The van der Waals surface area contributed by atoms with Crippen molar-refractivity contribution in [3.05, 3.63) is 35.9 Å². The van der Waals surface area contributed by atoms with Crippen LogP contribution < -0.4 is 0 Å². The second-order valence-corrected chi connectivity index (χ2v) is 4.23. The van der Waals surface area contributed by atoms with Gasteiger partial charge >= 0.3 is 6.18 Å². The van der Waals surface area contributed by atoms with Gasteiger partial charge in [0, 0.05) is 18.7 Å². The van der Waals surface area contributed by atoms with Crippen LogP contribution in [-0.4, -0.2) is 43.4 Å². The molecule has 1 unspecified atom stereocenters. The summed E-state index contributed by atoms with van der Waals surface area (Å²) < 4.78 is 44.1. The van der Waals surface area contributed by atoms with E-state index in [2.05, 4.69) is 11.8 Å². The van der Waals surface area contributed by atoms with Crippen LogP contribution >= 0.6 is 0 Å². The van der Waals surface area contributed by atoms with Crippen molar-refractivity contribution in [3.8, 4) is 11.8 Å². The Labute approximate surface area is 110 Å². The van der Waals surface area contributed by atoms with Crippen LogP contribution in [0.4, 0.5) is 13.2 Å². The molecule has 0 amide bonds. The highest BCUT2D eigenvalue weighted by Crippen LogP contribution is 2.25. The van der Waals surface area contributed by atoms with E-state index >= 15 is 0 Å². The Kier molecular flexibility index (Phi) is 4.46. The summed E-state index contributed by atoms with van der Waals surface area (Å²) in [5, 5.41) is 0. The lowest BCUT2D eigenvalue weighted by atomic mass is 10.2. The molecule has 1 saturated heterocycles. The summed E-state index contributed by atoms with van der Waals surface area (Å²) in [4.78, 5) is 1.32. The van der Waals surface area contributed by atoms with Crippen molar-refractivity contribution in [1.82, 2.24) is 4.90 Å². The maximum Gasteiger partial charge on any atom is 0.415 e. The molecule has 1 atom stereocenters. The number of alkyl halides is 3. The fraction of sp³-hybridized carbons (Fsp3) is 0.429. The van der Waals surface area contributed by atoms with Gasteiger partial charge in [-0.3, -0.25) is 4.90 Å². The fourth-order valence-electron chi connectivity index (χ4n) is 1.89. The molecule has 102 valence electrons. The lowest BCUT2D eigenvalue weighted by Gasteiger charge is -2.32. The average molecular weight is 269 g/mol. The molecule has 0 saturated carbocycles. The number of halogens is 3. The molecule has 0 aliphatic carbocycles. The Morgan fingerprint density at radius 2 is 1.74 bits per heavy atom. The van der Waals surface area contributed by atoms with Crippen LogP contribution in [0.25, 0.3) is 0 Å². The molecular formula is C14H14F3NO. The summed E-state index contributed by atoms with van der Waals surface area (Å²) in [5.41, 5.74) is 0.588. The molecule has 0 radical (unpaired) electrons. The summed E-state index contributed by atoms with van der Waals surface area (Å²) in [5.74, 6) is 4.94. The minimum Gasteiger partial charge on any atom is -0.379 e. The molecule has 1 aliphatic heterocycles. The lowest BCUT2D eigenvalue weighted by Crippen LogP contribution is -2.49. The molecule has 0 spiro atoms. The third-order valence-electron chi connectivity index (χ3n) is 2.85. The molecule has 1 heterocycles. The Morgan fingerprint density at radius 3 is 2.32 bits per heavy atom. The Balaban J connectivity index is 2.17. The van der Waals surface area contributed by atoms with E-state index in [1.165, 1.54) is 4.90 Å².